The number of hydrogen-bond acceptors (Lipinski definition) is 5. The van der Waals surface area contributed by atoms with E-state index in [4.69, 9.17) is 4.74 Å². The number of sulfonamides is 1. The van der Waals surface area contributed by atoms with Crippen LogP contribution in [0.4, 0.5) is 5.69 Å². The maximum absolute atomic E-state index is 12.5. The largest absolute Gasteiger partial charge is 0.497 e. The third-order valence-electron chi connectivity index (χ3n) is 4.17. The van der Waals surface area contributed by atoms with E-state index in [9.17, 15) is 13.2 Å². The number of hydrogen-bond donors (Lipinski definition) is 1. The van der Waals surface area contributed by atoms with Gasteiger partial charge in [-0.1, -0.05) is 29.8 Å². The first-order chi connectivity index (χ1) is 13.3. The summed E-state index contributed by atoms with van der Waals surface area (Å²) in [5.74, 6) is -0.0579. The van der Waals surface area contributed by atoms with Gasteiger partial charge in [0.05, 0.1) is 24.3 Å². The van der Waals surface area contributed by atoms with E-state index >= 15 is 0 Å². The molecule has 0 saturated carbocycles. The predicted molar refractivity (Wildman–Crippen MR) is 111 cm³/mol. The number of nitrogens with one attached hydrogen (secondary N) is 1. The van der Waals surface area contributed by atoms with Gasteiger partial charge in [-0.15, -0.1) is 0 Å². The second-order valence-corrected chi connectivity index (χ2v) is 8.39. The molecule has 0 heterocycles. The highest BCUT2D eigenvalue weighted by molar-refractivity contribution is 7.92. The van der Waals surface area contributed by atoms with Gasteiger partial charge < -0.3 is 4.74 Å². The van der Waals surface area contributed by atoms with Gasteiger partial charge >= 0.3 is 0 Å². The highest BCUT2D eigenvalue weighted by atomic mass is 32.2. The Hall–Kier alpha value is -2.87. The van der Waals surface area contributed by atoms with E-state index in [1.807, 2.05) is 31.2 Å². The molecule has 2 rings (SSSR count). The van der Waals surface area contributed by atoms with Crippen molar-refractivity contribution in [1.29, 1.82) is 0 Å². The number of benzene rings is 2. The second kappa shape index (κ2) is 9.36. The lowest BCUT2D eigenvalue weighted by Gasteiger charge is -2.23. The molecule has 0 fully saturated rings. The zero-order valence-electron chi connectivity index (χ0n) is 16.5. The number of aryl methyl sites for hydroxylation is 1. The molecule has 2 aromatic carbocycles. The van der Waals surface area contributed by atoms with Gasteiger partial charge in [0.15, 0.2) is 0 Å². The Labute approximate surface area is 166 Å². The summed E-state index contributed by atoms with van der Waals surface area (Å²) in [6.07, 6.45) is 0. The molecule has 0 bridgehead atoms. The molecule has 2 aromatic rings. The molecular weight excluding hydrogens is 378 g/mol. The van der Waals surface area contributed by atoms with Crippen molar-refractivity contribution < 1.29 is 17.9 Å². The van der Waals surface area contributed by atoms with Crippen molar-refractivity contribution in [3.05, 3.63) is 59.7 Å². The molecule has 0 unspecified atom stereocenters. The van der Waals surface area contributed by atoms with E-state index < -0.39 is 15.9 Å². The molecule has 1 N–H and O–H groups in total. The highest BCUT2D eigenvalue weighted by Gasteiger charge is 2.23. The number of carbonyl (C=O) groups excluding carboxylic acids is 1. The number of nitrogens with zero attached hydrogens (tertiary/aromatic N) is 2. The number of anilines is 1. The van der Waals surface area contributed by atoms with E-state index in [0.29, 0.717) is 17.1 Å². The summed E-state index contributed by atoms with van der Waals surface area (Å²) in [4.78, 5) is 12.4. The molecule has 0 aliphatic rings. The van der Waals surface area contributed by atoms with Crippen LogP contribution >= 0.6 is 0 Å². The van der Waals surface area contributed by atoms with Crippen LogP contribution in [-0.4, -0.2) is 39.4 Å². The third kappa shape index (κ3) is 5.56. The second-order valence-electron chi connectivity index (χ2n) is 6.20. The van der Waals surface area contributed by atoms with Gasteiger partial charge in [-0.3, -0.25) is 9.10 Å². The van der Waals surface area contributed by atoms with Crippen LogP contribution in [-0.2, 0) is 14.8 Å². The molecule has 7 nitrogen and oxygen atoms in total. The molecule has 28 heavy (non-hydrogen) atoms. The number of hydrazone groups is 1. The van der Waals surface area contributed by atoms with Crippen molar-refractivity contribution in [2.75, 3.05) is 23.7 Å². The SMILES string of the molecule is CCS(=O)(=O)N(CC(=O)N/N=C(/C)c1ccc(C)cc1)c1ccc(OC)cc1. The fourth-order valence-corrected chi connectivity index (χ4v) is 3.49. The Morgan fingerprint density at radius 1 is 1.11 bits per heavy atom. The van der Waals surface area contributed by atoms with E-state index in [2.05, 4.69) is 10.5 Å². The molecule has 0 aliphatic heterocycles. The number of ether oxygens (including phenoxy) is 1. The van der Waals surface area contributed by atoms with Crippen LogP contribution < -0.4 is 14.5 Å². The quantitative estimate of drug-likeness (QED) is 0.542. The zero-order valence-corrected chi connectivity index (χ0v) is 17.3. The first-order valence-electron chi connectivity index (χ1n) is 8.81. The lowest BCUT2D eigenvalue weighted by Crippen LogP contribution is -2.40. The maximum Gasteiger partial charge on any atom is 0.260 e. The maximum atomic E-state index is 12.5. The fraction of sp³-hybridized carbons (Fsp3) is 0.300. The molecule has 0 radical (unpaired) electrons. The molecule has 1 amide bonds. The molecule has 0 atom stereocenters. The molecule has 0 saturated heterocycles. The average molecular weight is 404 g/mol. The minimum Gasteiger partial charge on any atom is -0.497 e. The minimum absolute atomic E-state index is 0.127. The molecule has 150 valence electrons. The molecular formula is C20H25N3O4S. The molecule has 0 spiro atoms. The third-order valence-corrected chi connectivity index (χ3v) is 5.91. The normalized spacial score (nSPS) is 11.8. The topological polar surface area (TPSA) is 88.1 Å². The van der Waals surface area contributed by atoms with E-state index in [-0.39, 0.29) is 12.3 Å². The van der Waals surface area contributed by atoms with Gasteiger partial charge in [-0.25, -0.2) is 13.8 Å². The summed E-state index contributed by atoms with van der Waals surface area (Å²) >= 11 is 0. The summed E-state index contributed by atoms with van der Waals surface area (Å²) in [6, 6.07) is 14.2. The van der Waals surface area contributed by atoms with Gasteiger partial charge in [0.1, 0.15) is 12.3 Å². The average Bonchev–Trinajstić information content (AvgIpc) is 2.70. The molecule has 8 heteroatoms. The zero-order chi connectivity index (χ0) is 20.7. The van der Waals surface area contributed by atoms with Crippen LogP contribution in [0.15, 0.2) is 53.6 Å². The van der Waals surface area contributed by atoms with Crippen LogP contribution in [0, 0.1) is 6.92 Å². The first-order valence-corrected chi connectivity index (χ1v) is 10.4. The Kier molecular flexibility index (Phi) is 7.17. The highest BCUT2D eigenvalue weighted by Crippen LogP contribution is 2.22. The van der Waals surface area contributed by atoms with Gasteiger partial charge in [0, 0.05) is 0 Å². The number of amides is 1. The summed E-state index contributed by atoms with van der Waals surface area (Å²) in [7, 11) is -2.12. The number of methoxy groups -OCH3 is 1. The summed E-state index contributed by atoms with van der Waals surface area (Å²) in [5, 5.41) is 4.08. The van der Waals surface area contributed by atoms with Crippen LogP contribution in [0.2, 0.25) is 0 Å². The van der Waals surface area contributed by atoms with Crippen molar-refractivity contribution in [2.45, 2.75) is 20.8 Å². The van der Waals surface area contributed by atoms with Gasteiger partial charge in [0.25, 0.3) is 5.91 Å². The van der Waals surface area contributed by atoms with Crippen LogP contribution in [0.1, 0.15) is 25.0 Å². The summed E-state index contributed by atoms with van der Waals surface area (Å²) in [6.45, 7) is 4.92. The number of rotatable bonds is 8. The fourth-order valence-electron chi connectivity index (χ4n) is 2.43. The van der Waals surface area contributed by atoms with Crippen molar-refractivity contribution in [1.82, 2.24) is 5.43 Å². The van der Waals surface area contributed by atoms with E-state index in [1.54, 1.807) is 31.2 Å². The number of carbonyl (C=O) groups is 1. The molecule has 0 aromatic heterocycles. The van der Waals surface area contributed by atoms with Crippen molar-refractivity contribution >= 4 is 27.3 Å². The lowest BCUT2D eigenvalue weighted by molar-refractivity contribution is -0.119. The van der Waals surface area contributed by atoms with Crippen molar-refractivity contribution in [3.8, 4) is 5.75 Å². The van der Waals surface area contributed by atoms with Crippen molar-refractivity contribution in [2.24, 2.45) is 5.10 Å². The Morgan fingerprint density at radius 2 is 1.71 bits per heavy atom. The van der Waals surface area contributed by atoms with E-state index in [1.165, 1.54) is 14.0 Å². The van der Waals surface area contributed by atoms with Gasteiger partial charge in [0.2, 0.25) is 10.0 Å². The minimum atomic E-state index is -3.64. The predicted octanol–water partition coefficient (Wildman–Crippen LogP) is 2.70. The lowest BCUT2D eigenvalue weighted by atomic mass is 10.1. The van der Waals surface area contributed by atoms with Crippen LogP contribution in [0.25, 0.3) is 0 Å². The van der Waals surface area contributed by atoms with Gasteiger partial charge in [-0.2, -0.15) is 5.10 Å². The summed E-state index contributed by atoms with van der Waals surface area (Å²) in [5.41, 5.74) is 5.45. The first kappa shape index (κ1) is 21.4. The van der Waals surface area contributed by atoms with Crippen LogP contribution in [0.5, 0.6) is 5.75 Å². The monoisotopic (exact) mass is 403 g/mol. The Morgan fingerprint density at radius 3 is 2.25 bits per heavy atom. The van der Waals surface area contributed by atoms with E-state index in [0.717, 1.165) is 15.4 Å². The standard InChI is InChI=1S/C20H25N3O4S/c1-5-28(25,26)23(18-10-12-19(27-4)13-11-18)14-20(24)22-21-16(3)17-8-6-15(2)7-9-17/h6-13H,5,14H2,1-4H3,(H,22,24)/b21-16-. The van der Waals surface area contributed by atoms with Crippen LogP contribution in [0.3, 0.4) is 0 Å². The summed E-state index contributed by atoms with van der Waals surface area (Å²) < 4.78 is 31.1. The van der Waals surface area contributed by atoms with Gasteiger partial charge in [-0.05, 0) is 50.6 Å². The molecule has 0 aliphatic carbocycles. The Bertz CT molecular complexity index is 936. The Balaban J connectivity index is 2.15. The smallest absolute Gasteiger partial charge is 0.260 e. The van der Waals surface area contributed by atoms with Crippen molar-refractivity contribution in [3.63, 3.8) is 0 Å².